The summed E-state index contributed by atoms with van der Waals surface area (Å²) < 4.78 is 0. The molecule has 1 aromatic heterocycles. The number of benzene rings is 1. The molecule has 4 aliphatic rings. The minimum absolute atomic E-state index is 0.0103. The van der Waals surface area contributed by atoms with Crippen molar-refractivity contribution in [1.82, 2.24) is 15.2 Å². The van der Waals surface area contributed by atoms with Gasteiger partial charge in [0, 0.05) is 36.8 Å². The van der Waals surface area contributed by atoms with Crippen molar-refractivity contribution in [3.63, 3.8) is 0 Å². The van der Waals surface area contributed by atoms with Crippen molar-refractivity contribution in [3.8, 4) is 0 Å². The van der Waals surface area contributed by atoms with Crippen LogP contribution >= 0.6 is 11.6 Å². The summed E-state index contributed by atoms with van der Waals surface area (Å²) in [7, 11) is 0. The number of hydrogen-bond acceptors (Lipinski definition) is 3. The fourth-order valence-corrected chi connectivity index (χ4v) is 8.08. The van der Waals surface area contributed by atoms with Crippen LogP contribution in [0.4, 0.5) is 0 Å². The van der Waals surface area contributed by atoms with Gasteiger partial charge < -0.3 is 10.2 Å². The van der Waals surface area contributed by atoms with Gasteiger partial charge in [0.1, 0.15) is 5.15 Å². The zero-order valence-electron chi connectivity index (χ0n) is 20.7. The molecular formula is C30H38ClN3O. The molecule has 2 aliphatic heterocycles. The SMILES string of the molecule is O=C([C@@H]1CNC[C@]12CCCc1nc(Cl)ccc12)N1CC[C@@H](c2ccccc2)C[C@@H]1C1CCCCC1. The van der Waals surface area contributed by atoms with Crippen molar-refractivity contribution < 1.29 is 4.79 Å². The zero-order valence-corrected chi connectivity index (χ0v) is 21.5. The van der Waals surface area contributed by atoms with E-state index < -0.39 is 0 Å². The molecule has 2 aromatic rings. The Morgan fingerprint density at radius 3 is 2.69 bits per heavy atom. The third-order valence-electron chi connectivity index (χ3n) is 9.66. The summed E-state index contributed by atoms with van der Waals surface area (Å²) >= 11 is 6.26. The second-order valence-electron chi connectivity index (χ2n) is 11.5. The third-order valence-corrected chi connectivity index (χ3v) is 9.87. The van der Waals surface area contributed by atoms with E-state index in [9.17, 15) is 4.79 Å². The number of carbonyl (C=O) groups excluding carboxylic acids is 1. The number of nitrogens with zero attached hydrogens (tertiary/aromatic N) is 2. The summed E-state index contributed by atoms with van der Waals surface area (Å²) in [5.41, 5.74) is 3.68. The fourth-order valence-electron chi connectivity index (χ4n) is 7.92. The Kier molecular flexibility index (Phi) is 6.62. The number of halogens is 1. The number of likely N-dealkylation sites (tertiary alicyclic amines) is 1. The first-order valence-corrected chi connectivity index (χ1v) is 14.3. The van der Waals surface area contributed by atoms with E-state index in [1.165, 1.54) is 43.2 Å². The van der Waals surface area contributed by atoms with Gasteiger partial charge >= 0.3 is 0 Å². The monoisotopic (exact) mass is 491 g/mol. The lowest BCUT2D eigenvalue weighted by molar-refractivity contribution is -0.143. The van der Waals surface area contributed by atoms with Crippen LogP contribution in [0.5, 0.6) is 0 Å². The van der Waals surface area contributed by atoms with E-state index in [0.29, 0.717) is 28.9 Å². The van der Waals surface area contributed by atoms with Gasteiger partial charge in [-0.25, -0.2) is 4.98 Å². The summed E-state index contributed by atoms with van der Waals surface area (Å²) in [6.07, 6.45) is 11.8. The topological polar surface area (TPSA) is 45.2 Å². The van der Waals surface area contributed by atoms with Crippen LogP contribution in [0.3, 0.4) is 0 Å². The van der Waals surface area contributed by atoms with E-state index in [1.54, 1.807) is 0 Å². The van der Waals surface area contributed by atoms with Crippen molar-refractivity contribution >= 4 is 17.5 Å². The molecule has 35 heavy (non-hydrogen) atoms. The van der Waals surface area contributed by atoms with Crippen LogP contribution in [-0.4, -0.2) is 41.5 Å². The molecule has 1 N–H and O–H groups in total. The van der Waals surface area contributed by atoms with Gasteiger partial charge in [0.05, 0.1) is 5.92 Å². The largest absolute Gasteiger partial charge is 0.339 e. The number of pyridine rings is 1. The molecule has 186 valence electrons. The van der Waals surface area contributed by atoms with Crippen LogP contribution in [0.1, 0.15) is 80.5 Å². The zero-order chi connectivity index (χ0) is 23.8. The molecular weight excluding hydrogens is 454 g/mol. The van der Waals surface area contributed by atoms with Gasteiger partial charge in [-0.15, -0.1) is 0 Å². The molecule has 1 aromatic carbocycles. The standard InChI is InChI=1S/C30H38ClN3O/c31-28-14-13-24-26(33-28)12-7-16-30(24)20-32-19-25(30)29(35)34-17-15-23(21-8-3-1-4-9-21)18-27(34)22-10-5-2-6-11-22/h1,3-4,8-9,13-14,22-23,25,27,32H,2,5-7,10-12,15-20H2/t23-,25+,27-,30+/m1/s1. The van der Waals surface area contributed by atoms with Crippen LogP contribution in [0.15, 0.2) is 42.5 Å². The normalized spacial score (nSPS) is 31.5. The van der Waals surface area contributed by atoms with Crippen molar-refractivity contribution in [2.75, 3.05) is 19.6 Å². The molecule has 1 spiro atoms. The number of carbonyl (C=O) groups is 1. The first kappa shape index (κ1) is 23.5. The van der Waals surface area contributed by atoms with Crippen molar-refractivity contribution in [3.05, 3.63) is 64.4 Å². The highest BCUT2D eigenvalue weighted by atomic mass is 35.5. The van der Waals surface area contributed by atoms with Gasteiger partial charge in [-0.3, -0.25) is 4.79 Å². The van der Waals surface area contributed by atoms with Gasteiger partial charge in [-0.2, -0.15) is 0 Å². The van der Waals surface area contributed by atoms with Crippen LogP contribution in [0, 0.1) is 11.8 Å². The highest BCUT2D eigenvalue weighted by Crippen LogP contribution is 2.47. The number of fused-ring (bicyclic) bond motifs is 2. The van der Waals surface area contributed by atoms with Gasteiger partial charge in [0.15, 0.2) is 0 Å². The Bertz CT molecular complexity index is 1050. The number of rotatable bonds is 3. The van der Waals surface area contributed by atoms with Crippen molar-refractivity contribution in [1.29, 1.82) is 0 Å². The predicted molar refractivity (Wildman–Crippen MR) is 141 cm³/mol. The number of nitrogens with one attached hydrogen (secondary N) is 1. The molecule has 3 fully saturated rings. The van der Waals surface area contributed by atoms with Crippen LogP contribution in [0.25, 0.3) is 0 Å². The average Bonchev–Trinajstić information content (AvgIpc) is 3.32. The molecule has 6 rings (SSSR count). The van der Waals surface area contributed by atoms with E-state index >= 15 is 0 Å². The number of hydrogen-bond donors (Lipinski definition) is 1. The van der Waals surface area contributed by atoms with E-state index in [2.05, 4.69) is 51.6 Å². The van der Waals surface area contributed by atoms with Crippen molar-refractivity contribution in [2.45, 2.75) is 81.6 Å². The molecule has 0 bridgehead atoms. The molecule has 5 heteroatoms. The molecule has 1 saturated carbocycles. The maximum absolute atomic E-state index is 14.5. The Balaban J connectivity index is 1.30. The van der Waals surface area contributed by atoms with Crippen LogP contribution < -0.4 is 5.32 Å². The molecule has 2 aliphatic carbocycles. The van der Waals surface area contributed by atoms with Gasteiger partial charge in [-0.1, -0.05) is 67.3 Å². The lowest BCUT2D eigenvalue weighted by atomic mass is 9.64. The lowest BCUT2D eigenvalue weighted by Crippen LogP contribution is -2.55. The summed E-state index contributed by atoms with van der Waals surface area (Å²) in [5.74, 6) is 1.58. The number of aryl methyl sites for hydroxylation is 1. The van der Waals surface area contributed by atoms with E-state index in [4.69, 9.17) is 11.6 Å². The molecule has 3 heterocycles. The fraction of sp³-hybridized carbons (Fsp3) is 0.600. The molecule has 4 atom stereocenters. The number of amides is 1. The Morgan fingerprint density at radius 2 is 1.86 bits per heavy atom. The summed E-state index contributed by atoms with van der Waals surface area (Å²) in [6.45, 7) is 2.53. The summed E-state index contributed by atoms with van der Waals surface area (Å²) in [4.78, 5) is 21.5. The molecule has 0 unspecified atom stereocenters. The quantitative estimate of drug-likeness (QED) is 0.545. The molecule has 4 nitrogen and oxygen atoms in total. The summed E-state index contributed by atoms with van der Waals surface area (Å²) in [5, 5.41) is 4.19. The van der Waals surface area contributed by atoms with E-state index in [1.807, 2.05) is 6.07 Å². The smallest absolute Gasteiger partial charge is 0.228 e. The maximum Gasteiger partial charge on any atom is 0.228 e. The molecule has 2 saturated heterocycles. The second kappa shape index (κ2) is 9.86. The Hall–Kier alpha value is -1.91. The predicted octanol–water partition coefficient (Wildman–Crippen LogP) is 5.88. The van der Waals surface area contributed by atoms with E-state index in [0.717, 1.165) is 57.4 Å². The number of aromatic nitrogens is 1. The minimum atomic E-state index is -0.143. The minimum Gasteiger partial charge on any atom is -0.339 e. The molecule has 1 amide bonds. The van der Waals surface area contributed by atoms with Crippen LogP contribution in [0.2, 0.25) is 5.15 Å². The van der Waals surface area contributed by atoms with Gasteiger partial charge in [0.2, 0.25) is 5.91 Å². The Labute approximate surface area is 214 Å². The van der Waals surface area contributed by atoms with Gasteiger partial charge in [-0.05, 0) is 74.0 Å². The maximum atomic E-state index is 14.5. The first-order valence-electron chi connectivity index (χ1n) is 13.9. The summed E-state index contributed by atoms with van der Waals surface area (Å²) in [6, 6.07) is 15.5. The lowest BCUT2D eigenvalue weighted by Gasteiger charge is -2.48. The second-order valence-corrected chi connectivity index (χ2v) is 11.8. The number of piperidine rings is 1. The molecule has 0 radical (unpaired) electrons. The third kappa shape index (κ3) is 4.31. The van der Waals surface area contributed by atoms with E-state index in [-0.39, 0.29) is 11.3 Å². The first-order chi connectivity index (χ1) is 17.2. The highest BCUT2D eigenvalue weighted by molar-refractivity contribution is 6.29. The highest BCUT2D eigenvalue weighted by Gasteiger charge is 2.52. The average molecular weight is 492 g/mol. The van der Waals surface area contributed by atoms with Crippen molar-refractivity contribution in [2.24, 2.45) is 11.8 Å². The Morgan fingerprint density at radius 1 is 1.03 bits per heavy atom. The van der Waals surface area contributed by atoms with Gasteiger partial charge in [0.25, 0.3) is 0 Å². The van der Waals surface area contributed by atoms with Crippen LogP contribution in [-0.2, 0) is 16.6 Å².